The molecule has 0 bridgehead atoms. The van der Waals surface area contributed by atoms with Crippen LogP contribution in [0.2, 0.25) is 0 Å². The Hall–Kier alpha value is -1.20. The van der Waals surface area contributed by atoms with Gasteiger partial charge in [-0.3, -0.25) is 4.79 Å². The zero-order valence-corrected chi connectivity index (χ0v) is 10.8. The van der Waals surface area contributed by atoms with Crippen LogP contribution in [0.4, 0.5) is 0 Å². The molecule has 17 heavy (non-hydrogen) atoms. The standard InChI is InChI=1S/C12H17N3OS/c1-9(2)7-11-14-10(8-17-11)12(16)15-5-3-13-4-6-15/h8,13H,1,3-7H2,2H3. The molecule has 4 nitrogen and oxygen atoms in total. The molecule has 1 N–H and O–H groups in total. The van der Waals surface area contributed by atoms with Crippen molar-refractivity contribution in [2.45, 2.75) is 13.3 Å². The number of hydrogen-bond donors (Lipinski definition) is 1. The number of aromatic nitrogens is 1. The molecule has 2 heterocycles. The van der Waals surface area contributed by atoms with E-state index in [2.05, 4.69) is 16.9 Å². The van der Waals surface area contributed by atoms with Gasteiger partial charge < -0.3 is 10.2 Å². The molecule has 0 unspecified atom stereocenters. The molecule has 0 spiro atoms. The van der Waals surface area contributed by atoms with Crippen LogP contribution in [0.15, 0.2) is 17.5 Å². The molecule has 1 aliphatic heterocycles. The van der Waals surface area contributed by atoms with Crippen molar-refractivity contribution >= 4 is 17.2 Å². The van der Waals surface area contributed by atoms with E-state index < -0.39 is 0 Å². The van der Waals surface area contributed by atoms with E-state index in [0.29, 0.717) is 5.69 Å². The number of carbonyl (C=O) groups is 1. The molecule has 0 aromatic carbocycles. The van der Waals surface area contributed by atoms with Crippen LogP contribution in [0.25, 0.3) is 0 Å². The van der Waals surface area contributed by atoms with Crippen molar-refractivity contribution in [3.8, 4) is 0 Å². The minimum atomic E-state index is 0.0516. The summed E-state index contributed by atoms with van der Waals surface area (Å²) in [5.74, 6) is 0.0516. The third-order valence-corrected chi connectivity index (χ3v) is 3.48. The Morgan fingerprint density at radius 3 is 2.94 bits per heavy atom. The third kappa shape index (κ3) is 3.14. The molecule has 1 saturated heterocycles. The predicted octanol–water partition coefficient (Wildman–Crippen LogP) is 1.31. The average molecular weight is 251 g/mol. The van der Waals surface area contributed by atoms with Gasteiger partial charge in [0.05, 0.1) is 5.01 Å². The van der Waals surface area contributed by atoms with Crippen LogP contribution in [-0.2, 0) is 6.42 Å². The fourth-order valence-electron chi connectivity index (χ4n) is 1.78. The quantitative estimate of drug-likeness (QED) is 0.824. The molecule has 1 aromatic rings. The first kappa shape index (κ1) is 12.3. The van der Waals surface area contributed by atoms with E-state index in [-0.39, 0.29) is 5.91 Å². The monoisotopic (exact) mass is 251 g/mol. The number of piperazine rings is 1. The highest BCUT2D eigenvalue weighted by Crippen LogP contribution is 2.15. The van der Waals surface area contributed by atoms with Gasteiger partial charge in [-0.25, -0.2) is 4.98 Å². The van der Waals surface area contributed by atoms with Gasteiger partial charge in [0.2, 0.25) is 0 Å². The van der Waals surface area contributed by atoms with Crippen molar-refractivity contribution in [3.05, 3.63) is 28.2 Å². The van der Waals surface area contributed by atoms with Gasteiger partial charge in [0, 0.05) is 38.0 Å². The number of nitrogens with one attached hydrogen (secondary N) is 1. The molecule has 1 aromatic heterocycles. The summed E-state index contributed by atoms with van der Waals surface area (Å²) < 4.78 is 0. The van der Waals surface area contributed by atoms with Gasteiger partial charge in [0.25, 0.3) is 5.91 Å². The normalized spacial score (nSPS) is 15.9. The lowest BCUT2D eigenvalue weighted by Crippen LogP contribution is -2.46. The summed E-state index contributed by atoms with van der Waals surface area (Å²) in [6, 6.07) is 0. The molecule has 0 radical (unpaired) electrons. The molecule has 1 fully saturated rings. The lowest BCUT2D eigenvalue weighted by atomic mass is 10.2. The van der Waals surface area contributed by atoms with E-state index in [1.165, 1.54) is 11.3 Å². The molecule has 0 aliphatic carbocycles. The summed E-state index contributed by atoms with van der Waals surface area (Å²) >= 11 is 1.54. The Kier molecular flexibility index (Phi) is 3.91. The van der Waals surface area contributed by atoms with E-state index in [1.54, 1.807) is 0 Å². The van der Waals surface area contributed by atoms with Crippen molar-refractivity contribution in [2.24, 2.45) is 0 Å². The number of rotatable bonds is 3. The predicted molar refractivity (Wildman–Crippen MR) is 69.4 cm³/mol. The van der Waals surface area contributed by atoms with Crippen molar-refractivity contribution in [2.75, 3.05) is 26.2 Å². The summed E-state index contributed by atoms with van der Waals surface area (Å²) in [5, 5.41) is 6.05. The first-order valence-electron chi connectivity index (χ1n) is 5.75. The first-order chi connectivity index (χ1) is 8.16. The lowest BCUT2D eigenvalue weighted by molar-refractivity contribution is 0.0730. The fraction of sp³-hybridized carbons (Fsp3) is 0.500. The largest absolute Gasteiger partial charge is 0.335 e. The summed E-state index contributed by atoms with van der Waals surface area (Å²) in [5.41, 5.74) is 1.65. The molecule has 1 aliphatic rings. The van der Waals surface area contributed by atoms with E-state index in [9.17, 15) is 4.79 Å². The molecule has 1 amide bonds. The minimum absolute atomic E-state index is 0.0516. The third-order valence-electron chi connectivity index (χ3n) is 2.63. The van der Waals surface area contributed by atoms with Crippen LogP contribution in [0, 0.1) is 0 Å². The van der Waals surface area contributed by atoms with E-state index >= 15 is 0 Å². The maximum atomic E-state index is 12.1. The molecule has 0 atom stereocenters. The van der Waals surface area contributed by atoms with Crippen LogP contribution in [0.1, 0.15) is 22.4 Å². The van der Waals surface area contributed by atoms with Crippen LogP contribution < -0.4 is 5.32 Å². The number of nitrogens with zero attached hydrogens (tertiary/aromatic N) is 2. The van der Waals surface area contributed by atoms with Gasteiger partial charge in [-0.15, -0.1) is 11.3 Å². The van der Waals surface area contributed by atoms with Crippen LogP contribution in [-0.4, -0.2) is 42.0 Å². The Balaban J connectivity index is 2.03. The number of amides is 1. The Bertz CT molecular complexity index is 421. The van der Waals surface area contributed by atoms with Gasteiger partial charge in [-0.1, -0.05) is 12.2 Å². The zero-order valence-electron chi connectivity index (χ0n) is 10.0. The SMILES string of the molecule is C=C(C)Cc1nc(C(=O)N2CCNCC2)cs1. The van der Waals surface area contributed by atoms with E-state index in [1.807, 2.05) is 17.2 Å². The van der Waals surface area contributed by atoms with Gasteiger partial charge in [-0.05, 0) is 6.92 Å². The second-order valence-electron chi connectivity index (χ2n) is 4.30. The Morgan fingerprint density at radius 1 is 1.59 bits per heavy atom. The molecule has 5 heteroatoms. The topological polar surface area (TPSA) is 45.2 Å². The number of thiazole rings is 1. The van der Waals surface area contributed by atoms with Crippen molar-refractivity contribution < 1.29 is 4.79 Å². The molecular weight excluding hydrogens is 234 g/mol. The average Bonchev–Trinajstić information content (AvgIpc) is 2.77. The fourth-order valence-corrected chi connectivity index (χ4v) is 2.66. The van der Waals surface area contributed by atoms with Crippen molar-refractivity contribution in [1.82, 2.24) is 15.2 Å². The second-order valence-corrected chi connectivity index (χ2v) is 5.25. The summed E-state index contributed by atoms with van der Waals surface area (Å²) in [6.07, 6.45) is 0.763. The number of carbonyl (C=O) groups excluding carboxylic acids is 1. The van der Waals surface area contributed by atoms with Gasteiger partial charge in [0.15, 0.2) is 0 Å². The second kappa shape index (κ2) is 5.42. The highest BCUT2D eigenvalue weighted by molar-refractivity contribution is 7.09. The van der Waals surface area contributed by atoms with Gasteiger partial charge >= 0.3 is 0 Å². The number of hydrogen-bond acceptors (Lipinski definition) is 4. The summed E-state index contributed by atoms with van der Waals surface area (Å²) in [7, 11) is 0. The highest BCUT2D eigenvalue weighted by Gasteiger charge is 2.20. The zero-order chi connectivity index (χ0) is 12.3. The summed E-state index contributed by atoms with van der Waals surface area (Å²) in [4.78, 5) is 18.3. The molecule has 2 rings (SSSR count). The van der Waals surface area contributed by atoms with Gasteiger partial charge in [-0.2, -0.15) is 0 Å². The number of allylic oxidation sites excluding steroid dienone is 1. The Morgan fingerprint density at radius 2 is 2.29 bits per heavy atom. The highest BCUT2D eigenvalue weighted by atomic mass is 32.1. The molecular formula is C12H17N3OS. The first-order valence-corrected chi connectivity index (χ1v) is 6.63. The minimum Gasteiger partial charge on any atom is -0.335 e. The van der Waals surface area contributed by atoms with Crippen LogP contribution in [0.5, 0.6) is 0 Å². The van der Waals surface area contributed by atoms with Crippen molar-refractivity contribution in [3.63, 3.8) is 0 Å². The smallest absolute Gasteiger partial charge is 0.273 e. The van der Waals surface area contributed by atoms with E-state index in [4.69, 9.17) is 0 Å². The molecule has 92 valence electrons. The summed E-state index contributed by atoms with van der Waals surface area (Å²) in [6.45, 7) is 9.11. The maximum Gasteiger partial charge on any atom is 0.273 e. The molecule has 0 saturated carbocycles. The Labute approximate surface area is 105 Å². The van der Waals surface area contributed by atoms with Gasteiger partial charge in [0.1, 0.15) is 5.69 Å². The van der Waals surface area contributed by atoms with E-state index in [0.717, 1.165) is 43.2 Å². The van der Waals surface area contributed by atoms with Crippen LogP contribution in [0.3, 0.4) is 0 Å². The van der Waals surface area contributed by atoms with Crippen molar-refractivity contribution in [1.29, 1.82) is 0 Å². The lowest BCUT2D eigenvalue weighted by Gasteiger charge is -2.26. The van der Waals surface area contributed by atoms with Crippen LogP contribution >= 0.6 is 11.3 Å². The maximum absolute atomic E-state index is 12.1.